The van der Waals surface area contributed by atoms with E-state index in [2.05, 4.69) is 10.0 Å². The van der Waals surface area contributed by atoms with Gasteiger partial charge < -0.3 is 9.47 Å². The van der Waals surface area contributed by atoms with Crippen molar-refractivity contribution >= 4 is 11.9 Å². The molecule has 0 bridgehead atoms. The van der Waals surface area contributed by atoms with Crippen molar-refractivity contribution in [3.05, 3.63) is 10.4 Å². The van der Waals surface area contributed by atoms with E-state index in [1.807, 2.05) is 20.8 Å². The van der Waals surface area contributed by atoms with Gasteiger partial charge in [0.25, 0.3) is 0 Å². The van der Waals surface area contributed by atoms with Crippen molar-refractivity contribution in [2.24, 2.45) is 10.5 Å². The molecule has 0 rings (SSSR count). The Morgan fingerprint density at radius 3 is 2.43 bits per heavy atom. The Balaban J connectivity index is 3.58. The van der Waals surface area contributed by atoms with Gasteiger partial charge in [0, 0.05) is 17.9 Å². The minimum Gasteiger partial charge on any atom is -0.462 e. The fraction of sp³-hybridized carbons (Fsp3) is 0.857. The van der Waals surface area contributed by atoms with E-state index in [0.717, 1.165) is 12.8 Å². The van der Waals surface area contributed by atoms with Crippen LogP contribution in [-0.4, -0.2) is 31.7 Å². The molecule has 0 spiro atoms. The highest BCUT2D eigenvalue weighted by atomic mass is 16.6. The molecule has 0 amide bonds. The van der Waals surface area contributed by atoms with Crippen LogP contribution in [0.3, 0.4) is 0 Å². The highest BCUT2D eigenvalue weighted by molar-refractivity contribution is 5.75. The normalized spacial score (nSPS) is 10.6. The Morgan fingerprint density at radius 2 is 1.81 bits per heavy atom. The smallest absolute Gasteiger partial charge is 0.311 e. The van der Waals surface area contributed by atoms with E-state index in [-0.39, 0.29) is 25.2 Å². The van der Waals surface area contributed by atoms with Crippen LogP contribution in [0.4, 0.5) is 0 Å². The third-order valence-corrected chi connectivity index (χ3v) is 3.22. The predicted molar refractivity (Wildman–Crippen MR) is 78.5 cm³/mol. The van der Waals surface area contributed by atoms with Gasteiger partial charge in [0.15, 0.2) is 0 Å². The molecular formula is C14H25N3O4. The van der Waals surface area contributed by atoms with E-state index < -0.39 is 5.41 Å². The van der Waals surface area contributed by atoms with E-state index in [1.54, 1.807) is 0 Å². The summed E-state index contributed by atoms with van der Waals surface area (Å²) in [6, 6.07) is 0. The van der Waals surface area contributed by atoms with Crippen molar-refractivity contribution in [1.82, 2.24) is 0 Å². The van der Waals surface area contributed by atoms with E-state index in [4.69, 9.17) is 15.0 Å². The number of hydrogen-bond donors (Lipinski definition) is 0. The van der Waals surface area contributed by atoms with Gasteiger partial charge in [-0.25, -0.2) is 0 Å². The largest absolute Gasteiger partial charge is 0.462 e. The van der Waals surface area contributed by atoms with Crippen LogP contribution in [-0.2, 0) is 19.1 Å². The second-order valence-electron chi connectivity index (χ2n) is 5.36. The summed E-state index contributed by atoms with van der Waals surface area (Å²) >= 11 is 0. The Kier molecular flexibility index (Phi) is 10.1. The van der Waals surface area contributed by atoms with Crippen molar-refractivity contribution in [2.45, 2.75) is 52.9 Å². The molecule has 0 saturated heterocycles. The average Bonchev–Trinajstić information content (AvgIpc) is 2.46. The summed E-state index contributed by atoms with van der Waals surface area (Å²) in [5.41, 5.74) is 7.58. The van der Waals surface area contributed by atoms with Crippen molar-refractivity contribution in [3.8, 4) is 0 Å². The van der Waals surface area contributed by atoms with Crippen LogP contribution in [0.2, 0.25) is 0 Å². The molecule has 120 valence electrons. The van der Waals surface area contributed by atoms with Crippen LogP contribution in [0, 0.1) is 5.41 Å². The van der Waals surface area contributed by atoms with Crippen LogP contribution >= 0.6 is 0 Å². The number of rotatable bonds is 11. The molecule has 0 saturated carbocycles. The van der Waals surface area contributed by atoms with E-state index in [9.17, 15) is 9.59 Å². The molecule has 21 heavy (non-hydrogen) atoms. The Bertz CT molecular complexity index is 376. The highest BCUT2D eigenvalue weighted by Gasteiger charge is 2.26. The summed E-state index contributed by atoms with van der Waals surface area (Å²) in [6.07, 6.45) is 3.30. The van der Waals surface area contributed by atoms with Gasteiger partial charge >= 0.3 is 11.9 Å². The second kappa shape index (κ2) is 11.0. The van der Waals surface area contributed by atoms with Crippen molar-refractivity contribution in [1.29, 1.82) is 0 Å². The fourth-order valence-electron chi connectivity index (χ4n) is 1.38. The Hall–Kier alpha value is -1.75. The van der Waals surface area contributed by atoms with E-state index >= 15 is 0 Å². The summed E-state index contributed by atoms with van der Waals surface area (Å²) in [5.74, 6) is -0.580. The van der Waals surface area contributed by atoms with Crippen molar-refractivity contribution in [3.63, 3.8) is 0 Å². The van der Waals surface area contributed by atoms with Gasteiger partial charge in [-0.1, -0.05) is 18.5 Å². The Morgan fingerprint density at radius 1 is 1.14 bits per heavy atom. The lowest BCUT2D eigenvalue weighted by molar-refractivity contribution is -0.159. The molecule has 0 aliphatic carbocycles. The zero-order chi connectivity index (χ0) is 16.1. The molecule has 0 radical (unpaired) electrons. The number of hydrogen-bond acceptors (Lipinski definition) is 5. The molecule has 0 aromatic rings. The summed E-state index contributed by atoms with van der Waals surface area (Å²) in [7, 11) is 0. The molecule has 0 aliphatic rings. The van der Waals surface area contributed by atoms with Crippen LogP contribution in [0.5, 0.6) is 0 Å². The number of esters is 2. The van der Waals surface area contributed by atoms with Gasteiger partial charge in [-0.3, -0.25) is 9.59 Å². The van der Waals surface area contributed by atoms with Crippen LogP contribution in [0.25, 0.3) is 10.4 Å². The molecule has 0 unspecified atom stereocenters. The van der Waals surface area contributed by atoms with Crippen LogP contribution in [0.15, 0.2) is 5.11 Å². The SMILES string of the molecule is CCC(C)(C)C(=O)OCCOC(=O)CCCCCN=[N+]=[N-]. The molecule has 7 nitrogen and oxygen atoms in total. The summed E-state index contributed by atoms with van der Waals surface area (Å²) < 4.78 is 10.0. The lowest BCUT2D eigenvalue weighted by atomic mass is 9.91. The monoisotopic (exact) mass is 299 g/mol. The zero-order valence-electron chi connectivity index (χ0n) is 13.1. The summed E-state index contributed by atoms with van der Waals surface area (Å²) in [4.78, 5) is 25.7. The maximum Gasteiger partial charge on any atom is 0.311 e. The lowest BCUT2D eigenvalue weighted by Gasteiger charge is -2.20. The minimum atomic E-state index is -0.504. The maximum absolute atomic E-state index is 11.6. The molecular weight excluding hydrogens is 274 g/mol. The van der Waals surface area contributed by atoms with Crippen LogP contribution < -0.4 is 0 Å². The number of azide groups is 1. The van der Waals surface area contributed by atoms with E-state index in [1.165, 1.54) is 0 Å². The van der Waals surface area contributed by atoms with Gasteiger partial charge in [0.2, 0.25) is 0 Å². The highest BCUT2D eigenvalue weighted by Crippen LogP contribution is 2.21. The van der Waals surface area contributed by atoms with Gasteiger partial charge in [-0.2, -0.15) is 0 Å². The number of nitrogens with zero attached hydrogens (tertiary/aromatic N) is 3. The third kappa shape index (κ3) is 9.73. The van der Waals surface area contributed by atoms with E-state index in [0.29, 0.717) is 25.8 Å². The molecule has 7 heteroatoms. The summed E-state index contributed by atoms with van der Waals surface area (Å²) in [5, 5.41) is 3.41. The lowest BCUT2D eigenvalue weighted by Crippen LogP contribution is -2.27. The number of carbonyl (C=O) groups excluding carboxylic acids is 2. The first-order chi connectivity index (χ1) is 9.94. The van der Waals surface area contributed by atoms with Gasteiger partial charge in [0.05, 0.1) is 5.41 Å². The molecule has 0 aromatic carbocycles. The maximum atomic E-state index is 11.6. The number of carbonyl (C=O) groups is 2. The van der Waals surface area contributed by atoms with Crippen LogP contribution in [0.1, 0.15) is 52.9 Å². The molecule has 0 fully saturated rings. The molecule has 0 heterocycles. The minimum absolute atomic E-state index is 0.0864. The second-order valence-corrected chi connectivity index (χ2v) is 5.36. The first-order valence-corrected chi connectivity index (χ1v) is 7.27. The zero-order valence-corrected chi connectivity index (χ0v) is 13.1. The molecule has 0 aromatic heterocycles. The number of unbranched alkanes of at least 4 members (excludes halogenated alkanes) is 2. The third-order valence-electron chi connectivity index (χ3n) is 3.22. The summed E-state index contributed by atoms with van der Waals surface area (Å²) in [6.45, 7) is 6.18. The van der Waals surface area contributed by atoms with Gasteiger partial charge in [0.1, 0.15) is 13.2 Å². The first-order valence-electron chi connectivity index (χ1n) is 7.27. The topological polar surface area (TPSA) is 101 Å². The van der Waals surface area contributed by atoms with Gasteiger partial charge in [-0.15, -0.1) is 0 Å². The fourth-order valence-corrected chi connectivity index (χ4v) is 1.38. The molecule has 0 aliphatic heterocycles. The van der Waals surface area contributed by atoms with Gasteiger partial charge in [-0.05, 0) is 38.6 Å². The van der Waals surface area contributed by atoms with Crippen molar-refractivity contribution < 1.29 is 19.1 Å². The average molecular weight is 299 g/mol. The molecule has 0 N–H and O–H groups in total. The molecule has 0 atom stereocenters. The van der Waals surface area contributed by atoms with Crippen molar-refractivity contribution in [2.75, 3.05) is 19.8 Å². The number of ether oxygens (including phenoxy) is 2. The quantitative estimate of drug-likeness (QED) is 0.192. The predicted octanol–water partition coefficient (Wildman–Crippen LogP) is 3.38. The first kappa shape index (κ1) is 19.2. The Labute approximate surface area is 125 Å². The standard InChI is InChI=1S/C14H25N3O4/c1-4-14(2,3)13(19)21-11-10-20-12(18)8-6-5-7-9-16-17-15/h4-11H2,1-3H3.